The molecule has 1 aliphatic carbocycles. The summed E-state index contributed by atoms with van der Waals surface area (Å²) in [5.41, 5.74) is 0.832. The second-order valence-electron chi connectivity index (χ2n) is 8.13. The van der Waals surface area contributed by atoms with Gasteiger partial charge in [0.15, 0.2) is 0 Å². The first-order valence-corrected chi connectivity index (χ1v) is 10.8. The van der Waals surface area contributed by atoms with Gasteiger partial charge in [-0.3, -0.25) is 9.69 Å². The molecular weight excluding hydrogens is 412 g/mol. The third-order valence-electron chi connectivity index (χ3n) is 6.59. The van der Waals surface area contributed by atoms with Crippen LogP contribution in [0.1, 0.15) is 43.6 Å². The lowest BCUT2D eigenvalue weighted by molar-refractivity contribution is -0.123. The third kappa shape index (κ3) is 3.76. The Morgan fingerprint density at radius 3 is 2.72 bits per heavy atom. The van der Waals surface area contributed by atoms with E-state index in [0.717, 1.165) is 25.7 Å². The van der Waals surface area contributed by atoms with Gasteiger partial charge in [-0.1, -0.05) is 54.6 Å². The maximum atomic E-state index is 14.9. The summed E-state index contributed by atoms with van der Waals surface area (Å²) >= 11 is 12.1. The second kappa shape index (κ2) is 8.21. The minimum atomic E-state index is -0.426. The van der Waals surface area contributed by atoms with Crippen LogP contribution in [-0.4, -0.2) is 34.9 Å². The number of aromatic nitrogens is 1. The summed E-state index contributed by atoms with van der Waals surface area (Å²) in [6.45, 7) is 0.618. The highest BCUT2D eigenvalue weighted by molar-refractivity contribution is 6.30. The van der Waals surface area contributed by atoms with Crippen molar-refractivity contribution in [2.45, 2.75) is 43.6 Å². The Morgan fingerprint density at radius 2 is 2.00 bits per heavy atom. The molecule has 2 unspecified atom stereocenters. The zero-order valence-corrected chi connectivity index (χ0v) is 17.8. The van der Waals surface area contributed by atoms with Crippen molar-refractivity contribution in [2.75, 3.05) is 18.9 Å². The van der Waals surface area contributed by atoms with Gasteiger partial charge >= 0.3 is 0 Å². The number of pyridine rings is 1. The number of benzene rings is 1. The number of hydrogen-bond donors (Lipinski definition) is 1. The average molecular weight is 436 g/mol. The predicted octanol–water partition coefficient (Wildman–Crippen LogP) is 5.51. The Bertz CT molecular complexity index is 917. The molecular formula is C22H24Cl2FN3O. The van der Waals surface area contributed by atoms with Crippen LogP contribution in [0.2, 0.25) is 10.2 Å². The van der Waals surface area contributed by atoms with E-state index in [1.54, 1.807) is 36.5 Å². The van der Waals surface area contributed by atoms with E-state index in [4.69, 9.17) is 23.2 Å². The maximum absolute atomic E-state index is 14.9. The van der Waals surface area contributed by atoms with E-state index in [-0.39, 0.29) is 28.3 Å². The van der Waals surface area contributed by atoms with Crippen molar-refractivity contribution in [2.24, 2.45) is 5.92 Å². The van der Waals surface area contributed by atoms with Crippen LogP contribution in [0.3, 0.4) is 0 Å². The summed E-state index contributed by atoms with van der Waals surface area (Å²) in [6, 6.07) is 8.39. The Balaban J connectivity index is 1.74. The SMILES string of the molecule is CN1CC(c2cccc(Cl)c2F)C(C(=O)Nc2ccnc(Cl)c2)C12CCCCC2. The van der Waals surface area contributed by atoms with Gasteiger partial charge in [-0.05, 0) is 43.7 Å². The lowest BCUT2D eigenvalue weighted by Crippen LogP contribution is -2.51. The number of carbonyl (C=O) groups is 1. The molecule has 0 bridgehead atoms. The smallest absolute Gasteiger partial charge is 0.230 e. The van der Waals surface area contributed by atoms with Gasteiger partial charge in [0.1, 0.15) is 11.0 Å². The summed E-state index contributed by atoms with van der Waals surface area (Å²) in [4.78, 5) is 19.8. The summed E-state index contributed by atoms with van der Waals surface area (Å²) < 4.78 is 14.9. The average Bonchev–Trinajstić information content (AvgIpc) is 2.96. The maximum Gasteiger partial charge on any atom is 0.230 e. The van der Waals surface area contributed by atoms with Crippen LogP contribution in [0.4, 0.5) is 10.1 Å². The molecule has 1 spiro atoms. The molecule has 2 atom stereocenters. The van der Waals surface area contributed by atoms with E-state index in [0.29, 0.717) is 22.9 Å². The van der Waals surface area contributed by atoms with E-state index < -0.39 is 5.82 Å². The number of nitrogens with one attached hydrogen (secondary N) is 1. The second-order valence-corrected chi connectivity index (χ2v) is 8.92. The number of amides is 1. The van der Waals surface area contributed by atoms with E-state index in [9.17, 15) is 9.18 Å². The van der Waals surface area contributed by atoms with Gasteiger partial charge in [0.2, 0.25) is 5.91 Å². The van der Waals surface area contributed by atoms with Gasteiger partial charge in [0.05, 0.1) is 10.9 Å². The van der Waals surface area contributed by atoms with Crippen molar-refractivity contribution in [1.82, 2.24) is 9.88 Å². The number of carbonyl (C=O) groups excluding carboxylic acids is 1. The molecule has 1 saturated heterocycles. The van der Waals surface area contributed by atoms with Crippen molar-refractivity contribution >= 4 is 34.8 Å². The van der Waals surface area contributed by atoms with Crippen LogP contribution in [0.15, 0.2) is 36.5 Å². The first kappa shape index (κ1) is 20.6. The third-order valence-corrected chi connectivity index (χ3v) is 7.09. The summed E-state index contributed by atoms with van der Waals surface area (Å²) in [7, 11) is 2.05. The van der Waals surface area contributed by atoms with Crippen molar-refractivity contribution < 1.29 is 9.18 Å². The lowest BCUT2D eigenvalue weighted by Gasteiger charge is -2.43. The topological polar surface area (TPSA) is 45.2 Å². The standard InChI is InChI=1S/C22H24Cl2FN3O/c1-28-13-16(15-6-5-7-17(23)20(15)25)19(22(28)9-3-2-4-10-22)21(29)27-14-8-11-26-18(24)12-14/h5-8,11-12,16,19H,2-4,9-10,13H2,1H3,(H,26,27,29). The molecule has 2 aromatic rings. The van der Waals surface area contributed by atoms with E-state index >= 15 is 0 Å². The normalized spacial score (nSPS) is 24.0. The fourth-order valence-corrected chi connectivity index (χ4v) is 5.62. The molecule has 0 radical (unpaired) electrons. The van der Waals surface area contributed by atoms with Crippen molar-refractivity contribution in [3.05, 3.63) is 58.1 Å². The van der Waals surface area contributed by atoms with Crippen molar-refractivity contribution in [3.63, 3.8) is 0 Å². The molecule has 1 aromatic carbocycles. The molecule has 4 nitrogen and oxygen atoms in total. The fraction of sp³-hybridized carbons (Fsp3) is 0.455. The van der Waals surface area contributed by atoms with Crippen LogP contribution >= 0.6 is 23.2 Å². The molecule has 1 aliphatic heterocycles. The molecule has 154 valence electrons. The van der Waals surface area contributed by atoms with Gasteiger partial charge in [0, 0.05) is 29.9 Å². The number of likely N-dealkylation sites (tertiary alicyclic amines) is 1. The minimum absolute atomic E-state index is 0.0924. The largest absolute Gasteiger partial charge is 0.326 e. The fourth-order valence-electron chi connectivity index (χ4n) is 5.26. The molecule has 4 rings (SSSR count). The van der Waals surface area contributed by atoms with Gasteiger partial charge < -0.3 is 5.32 Å². The van der Waals surface area contributed by atoms with Gasteiger partial charge in [-0.2, -0.15) is 0 Å². The number of hydrogen-bond acceptors (Lipinski definition) is 3. The molecule has 1 N–H and O–H groups in total. The lowest BCUT2D eigenvalue weighted by atomic mass is 9.69. The highest BCUT2D eigenvalue weighted by atomic mass is 35.5. The molecule has 29 heavy (non-hydrogen) atoms. The van der Waals surface area contributed by atoms with Crippen LogP contribution in [0.25, 0.3) is 0 Å². The minimum Gasteiger partial charge on any atom is -0.326 e. The Morgan fingerprint density at radius 1 is 1.24 bits per heavy atom. The molecule has 1 amide bonds. The molecule has 2 heterocycles. The predicted molar refractivity (Wildman–Crippen MR) is 114 cm³/mol. The Labute approximate surface area is 180 Å². The van der Waals surface area contributed by atoms with Gasteiger partial charge in [0.25, 0.3) is 0 Å². The van der Waals surface area contributed by atoms with E-state index in [2.05, 4.69) is 22.2 Å². The first-order chi connectivity index (χ1) is 13.9. The number of nitrogens with zero attached hydrogens (tertiary/aromatic N) is 2. The molecule has 2 aliphatic rings. The van der Waals surface area contributed by atoms with Crippen molar-refractivity contribution in [1.29, 1.82) is 0 Å². The van der Waals surface area contributed by atoms with E-state index in [1.807, 2.05) is 0 Å². The number of rotatable bonds is 3. The number of halogens is 3. The van der Waals surface area contributed by atoms with Crippen molar-refractivity contribution in [3.8, 4) is 0 Å². The first-order valence-electron chi connectivity index (χ1n) is 10.00. The van der Waals surface area contributed by atoms with Crippen LogP contribution in [0, 0.1) is 11.7 Å². The quantitative estimate of drug-likeness (QED) is 0.645. The number of anilines is 1. The summed E-state index contributed by atoms with van der Waals surface area (Å²) in [5, 5.41) is 3.41. The highest BCUT2D eigenvalue weighted by Crippen LogP contribution is 2.51. The molecule has 7 heteroatoms. The Hall–Kier alpha value is -1.69. The van der Waals surface area contributed by atoms with E-state index in [1.165, 1.54) is 6.42 Å². The highest BCUT2D eigenvalue weighted by Gasteiger charge is 2.56. The Kier molecular flexibility index (Phi) is 5.83. The van der Waals surface area contributed by atoms with Crippen LogP contribution in [0.5, 0.6) is 0 Å². The molecule has 1 saturated carbocycles. The van der Waals surface area contributed by atoms with Gasteiger partial charge in [-0.15, -0.1) is 0 Å². The van der Waals surface area contributed by atoms with Crippen LogP contribution in [-0.2, 0) is 4.79 Å². The summed E-state index contributed by atoms with van der Waals surface area (Å²) in [6.07, 6.45) is 6.72. The summed E-state index contributed by atoms with van der Waals surface area (Å²) in [5.74, 6) is -1.19. The van der Waals surface area contributed by atoms with Crippen LogP contribution < -0.4 is 5.32 Å². The zero-order valence-electron chi connectivity index (χ0n) is 16.3. The zero-order chi connectivity index (χ0) is 20.6. The monoisotopic (exact) mass is 435 g/mol. The molecule has 1 aromatic heterocycles. The van der Waals surface area contributed by atoms with Gasteiger partial charge in [-0.25, -0.2) is 9.37 Å². The number of likely N-dealkylation sites (N-methyl/N-ethyl adjacent to an activating group) is 1. The molecule has 2 fully saturated rings.